The first kappa shape index (κ1) is 11.4. The summed E-state index contributed by atoms with van der Waals surface area (Å²) >= 11 is 0. The van der Waals surface area contributed by atoms with Gasteiger partial charge in [-0.25, -0.2) is 0 Å². The van der Waals surface area contributed by atoms with E-state index in [1.807, 2.05) is 18.7 Å². The van der Waals surface area contributed by atoms with Crippen LogP contribution in [0.3, 0.4) is 0 Å². The maximum Gasteiger partial charge on any atom is 0.266 e. The average molecular weight is 233 g/mol. The molecule has 0 aliphatic heterocycles. The van der Waals surface area contributed by atoms with Crippen molar-refractivity contribution in [2.75, 3.05) is 23.7 Å². The van der Waals surface area contributed by atoms with Gasteiger partial charge in [-0.3, -0.25) is 4.98 Å². The molecule has 0 saturated carbocycles. The Bertz CT molecular complexity index is 492. The quantitative estimate of drug-likeness (QED) is 0.863. The maximum atomic E-state index is 5.65. The van der Waals surface area contributed by atoms with E-state index in [2.05, 4.69) is 15.1 Å². The topological polar surface area (TPSA) is 81.1 Å². The summed E-state index contributed by atoms with van der Waals surface area (Å²) < 4.78 is 5.19. The predicted octanol–water partition coefficient (Wildman–Crippen LogP) is 1.56. The highest BCUT2D eigenvalue weighted by atomic mass is 16.5. The number of rotatable bonds is 4. The maximum absolute atomic E-state index is 5.65. The molecule has 17 heavy (non-hydrogen) atoms. The summed E-state index contributed by atoms with van der Waals surface area (Å²) in [6.45, 7) is 5.76. The molecule has 2 aromatic heterocycles. The third-order valence-electron chi connectivity index (χ3n) is 2.47. The van der Waals surface area contributed by atoms with Gasteiger partial charge in [0.1, 0.15) is 0 Å². The van der Waals surface area contributed by atoms with Gasteiger partial charge in [-0.05, 0) is 25.1 Å². The molecular weight excluding hydrogens is 218 g/mol. The molecule has 90 valence electrons. The summed E-state index contributed by atoms with van der Waals surface area (Å²) in [5, 5.41) is 3.94. The van der Waals surface area contributed by atoms with E-state index in [4.69, 9.17) is 10.3 Å². The standard InChI is InChI=1S/C11H15N5O/c1-3-16(4-2)11-14-10(17-15-11)8-5-9(12)7-13-6-8/h5-7H,3-4,12H2,1-2H3. The van der Waals surface area contributed by atoms with Crippen LogP contribution in [0.1, 0.15) is 13.8 Å². The zero-order valence-electron chi connectivity index (χ0n) is 9.92. The molecule has 0 aliphatic carbocycles. The lowest BCUT2D eigenvalue weighted by Crippen LogP contribution is -2.22. The predicted molar refractivity (Wildman–Crippen MR) is 65.5 cm³/mol. The van der Waals surface area contributed by atoms with E-state index >= 15 is 0 Å². The van der Waals surface area contributed by atoms with Gasteiger partial charge in [0.15, 0.2) is 0 Å². The molecule has 0 radical (unpaired) electrons. The molecule has 0 unspecified atom stereocenters. The number of nitrogen functional groups attached to an aromatic ring is 1. The highest BCUT2D eigenvalue weighted by Crippen LogP contribution is 2.20. The molecular formula is C11H15N5O. The largest absolute Gasteiger partial charge is 0.397 e. The van der Waals surface area contributed by atoms with Crippen LogP contribution in [0.5, 0.6) is 0 Å². The highest BCUT2D eigenvalue weighted by molar-refractivity contribution is 5.58. The van der Waals surface area contributed by atoms with Gasteiger partial charge in [0.25, 0.3) is 11.8 Å². The van der Waals surface area contributed by atoms with E-state index in [1.54, 1.807) is 18.5 Å². The number of aromatic nitrogens is 3. The van der Waals surface area contributed by atoms with E-state index in [0.29, 0.717) is 17.5 Å². The molecule has 2 aromatic rings. The minimum atomic E-state index is 0.437. The molecule has 0 atom stereocenters. The van der Waals surface area contributed by atoms with Crippen molar-refractivity contribution < 1.29 is 4.52 Å². The molecule has 0 saturated heterocycles. The van der Waals surface area contributed by atoms with Crippen LogP contribution >= 0.6 is 0 Å². The third-order valence-corrected chi connectivity index (χ3v) is 2.47. The fourth-order valence-electron chi connectivity index (χ4n) is 1.54. The monoisotopic (exact) mass is 233 g/mol. The Morgan fingerprint density at radius 3 is 2.71 bits per heavy atom. The lowest BCUT2D eigenvalue weighted by molar-refractivity contribution is 0.429. The van der Waals surface area contributed by atoms with Gasteiger partial charge in [0.2, 0.25) is 0 Å². The number of pyridine rings is 1. The van der Waals surface area contributed by atoms with Crippen LogP contribution in [0.15, 0.2) is 23.0 Å². The molecule has 2 rings (SSSR count). The van der Waals surface area contributed by atoms with Crippen LogP contribution in [-0.4, -0.2) is 28.2 Å². The second kappa shape index (κ2) is 4.82. The number of nitrogens with zero attached hydrogens (tertiary/aromatic N) is 4. The van der Waals surface area contributed by atoms with Gasteiger partial charge in [0.05, 0.1) is 11.3 Å². The zero-order valence-corrected chi connectivity index (χ0v) is 9.92. The van der Waals surface area contributed by atoms with Crippen LogP contribution in [0.2, 0.25) is 0 Å². The van der Waals surface area contributed by atoms with Crippen molar-refractivity contribution in [3.05, 3.63) is 18.5 Å². The van der Waals surface area contributed by atoms with E-state index in [9.17, 15) is 0 Å². The molecule has 6 nitrogen and oxygen atoms in total. The summed E-state index contributed by atoms with van der Waals surface area (Å²) in [6, 6.07) is 1.76. The van der Waals surface area contributed by atoms with Gasteiger partial charge in [-0.15, -0.1) is 0 Å². The molecule has 0 spiro atoms. The Kier molecular flexibility index (Phi) is 3.22. The number of hydrogen-bond acceptors (Lipinski definition) is 6. The van der Waals surface area contributed by atoms with Crippen molar-refractivity contribution in [2.45, 2.75) is 13.8 Å². The fourth-order valence-corrected chi connectivity index (χ4v) is 1.54. The molecule has 0 amide bonds. The molecule has 0 bridgehead atoms. The lowest BCUT2D eigenvalue weighted by atomic mass is 10.3. The normalized spacial score (nSPS) is 10.5. The van der Waals surface area contributed by atoms with Crippen molar-refractivity contribution in [3.8, 4) is 11.5 Å². The minimum Gasteiger partial charge on any atom is -0.397 e. The average Bonchev–Trinajstić information content (AvgIpc) is 2.80. The Morgan fingerprint density at radius 2 is 2.06 bits per heavy atom. The first-order valence-corrected chi connectivity index (χ1v) is 5.54. The van der Waals surface area contributed by atoms with E-state index in [1.165, 1.54) is 0 Å². The number of hydrogen-bond donors (Lipinski definition) is 1. The van der Waals surface area contributed by atoms with E-state index < -0.39 is 0 Å². The smallest absolute Gasteiger partial charge is 0.266 e. The molecule has 0 fully saturated rings. The summed E-state index contributed by atoms with van der Waals surface area (Å²) in [6.07, 6.45) is 3.22. The molecule has 2 N–H and O–H groups in total. The van der Waals surface area contributed by atoms with Crippen LogP contribution in [-0.2, 0) is 0 Å². The Morgan fingerprint density at radius 1 is 1.29 bits per heavy atom. The van der Waals surface area contributed by atoms with Crippen molar-refractivity contribution >= 4 is 11.6 Å². The summed E-state index contributed by atoms with van der Waals surface area (Å²) in [5.74, 6) is 1.03. The summed E-state index contributed by atoms with van der Waals surface area (Å²) in [4.78, 5) is 10.3. The zero-order chi connectivity index (χ0) is 12.3. The minimum absolute atomic E-state index is 0.437. The van der Waals surface area contributed by atoms with Crippen LogP contribution in [0.4, 0.5) is 11.6 Å². The lowest BCUT2D eigenvalue weighted by Gasteiger charge is -2.14. The van der Waals surface area contributed by atoms with Gasteiger partial charge in [0, 0.05) is 25.5 Å². The Hall–Kier alpha value is -2.11. The second-order valence-electron chi connectivity index (χ2n) is 3.58. The third kappa shape index (κ3) is 2.35. The molecule has 2 heterocycles. The van der Waals surface area contributed by atoms with E-state index in [-0.39, 0.29) is 0 Å². The SMILES string of the molecule is CCN(CC)c1noc(-c2cncc(N)c2)n1. The van der Waals surface area contributed by atoms with Crippen LogP contribution < -0.4 is 10.6 Å². The molecule has 0 aliphatic rings. The Balaban J connectivity index is 2.29. The second-order valence-corrected chi connectivity index (χ2v) is 3.58. The first-order valence-electron chi connectivity index (χ1n) is 5.54. The molecule has 6 heteroatoms. The van der Waals surface area contributed by atoms with Gasteiger partial charge in [-0.1, -0.05) is 0 Å². The Labute approximate surface area is 99.5 Å². The van der Waals surface area contributed by atoms with Crippen LogP contribution in [0.25, 0.3) is 11.5 Å². The highest BCUT2D eigenvalue weighted by Gasteiger charge is 2.12. The van der Waals surface area contributed by atoms with Crippen molar-refractivity contribution in [2.24, 2.45) is 0 Å². The van der Waals surface area contributed by atoms with Crippen LogP contribution in [0, 0.1) is 0 Å². The van der Waals surface area contributed by atoms with Crippen molar-refractivity contribution in [1.82, 2.24) is 15.1 Å². The summed E-state index contributed by atoms with van der Waals surface area (Å²) in [7, 11) is 0. The van der Waals surface area contributed by atoms with Crippen molar-refractivity contribution in [3.63, 3.8) is 0 Å². The summed E-state index contributed by atoms with van der Waals surface area (Å²) in [5.41, 5.74) is 6.96. The fraction of sp³-hybridized carbons (Fsp3) is 0.364. The van der Waals surface area contributed by atoms with Gasteiger partial charge >= 0.3 is 0 Å². The van der Waals surface area contributed by atoms with Gasteiger partial charge in [-0.2, -0.15) is 4.98 Å². The number of nitrogens with two attached hydrogens (primary N) is 1. The van der Waals surface area contributed by atoms with Gasteiger partial charge < -0.3 is 15.2 Å². The number of anilines is 2. The van der Waals surface area contributed by atoms with Crippen molar-refractivity contribution in [1.29, 1.82) is 0 Å². The molecule has 0 aromatic carbocycles. The first-order chi connectivity index (χ1) is 8.24. The van der Waals surface area contributed by atoms with E-state index in [0.717, 1.165) is 18.7 Å².